The molecule has 19 heavy (non-hydrogen) atoms. The zero-order chi connectivity index (χ0) is 13.7. The van der Waals surface area contributed by atoms with E-state index < -0.39 is 0 Å². The standard InChI is InChI=1S/C14H21N5/c1-12-5-3-6-13(16-12)11-18(2)8-4-9-19-10-7-14(15)17-19/h3,5-7,10H,4,8-9,11H2,1-2H3,(H2,15,17). The SMILES string of the molecule is Cc1cccc(CN(C)CCCn2ccc(N)n2)n1. The number of nitrogens with zero attached hydrogens (tertiary/aromatic N) is 4. The fraction of sp³-hybridized carbons (Fsp3) is 0.429. The Balaban J connectivity index is 1.74. The molecule has 0 aliphatic heterocycles. The van der Waals surface area contributed by atoms with Gasteiger partial charge in [-0.25, -0.2) is 0 Å². The second-order valence-corrected chi connectivity index (χ2v) is 4.87. The highest BCUT2D eigenvalue weighted by atomic mass is 15.3. The molecule has 0 atom stereocenters. The number of hydrogen-bond acceptors (Lipinski definition) is 4. The molecule has 5 heteroatoms. The predicted molar refractivity (Wildman–Crippen MR) is 76.6 cm³/mol. The lowest BCUT2D eigenvalue weighted by molar-refractivity contribution is 0.308. The number of anilines is 1. The van der Waals surface area contributed by atoms with Gasteiger partial charge in [0.1, 0.15) is 5.82 Å². The number of hydrogen-bond donors (Lipinski definition) is 1. The third-order valence-electron chi connectivity index (χ3n) is 2.97. The second kappa shape index (κ2) is 6.33. The van der Waals surface area contributed by atoms with Gasteiger partial charge in [-0.1, -0.05) is 6.07 Å². The minimum Gasteiger partial charge on any atom is -0.382 e. The Morgan fingerprint density at radius 2 is 2.16 bits per heavy atom. The molecule has 5 nitrogen and oxygen atoms in total. The lowest BCUT2D eigenvalue weighted by Crippen LogP contribution is -2.21. The summed E-state index contributed by atoms with van der Waals surface area (Å²) in [5, 5.41) is 4.17. The number of aromatic nitrogens is 3. The molecule has 0 radical (unpaired) electrons. The van der Waals surface area contributed by atoms with E-state index in [2.05, 4.69) is 34.2 Å². The Labute approximate surface area is 114 Å². The number of nitrogen functional groups attached to an aromatic ring is 1. The van der Waals surface area contributed by atoms with Gasteiger partial charge in [0.25, 0.3) is 0 Å². The Morgan fingerprint density at radius 1 is 1.32 bits per heavy atom. The summed E-state index contributed by atoms with van der Waals surface area (Å²) in [4.78, 5) is 6.78. The van der Waals surface area contributed by atoms with Crippen molar-refractivity contribution in [1.29, 1.82) is 0 Å². The van der Waals surface area contributed by atoms with Gasteiger partial charge >= 0.3 is 0 Å². The van der Waals surface area contributed by atoms with Gasteiger partial charge in [-0.15, -0.1) is 0 Å². The highest BCUT2D eigenvalue weighted by Gasteiger charge is 2.02. The van der Waals surface area contributed by atoms with E-state index in [0.29, 0.717) is 5.82 Å². The van der Waals surface area contributed by atoms with Crippen molar-refractivity contribution in [3.8, 4) is 0 Å². The van der Waals surface area contributed by atoms with Crippen LogP contribution in [0.3, 0.4) is 0 Å². The number of rotatable bonds is 6. The monoisotopic (exact) mass is 259 g/mol. The zero-order valence-electron chi connectivity index (χ0n) is 11.6. The normalized spacial score (nSPS) is 11.1. The van der Waals surface area contributed by atoms with Gasteiger partial charge in [0.05, 0.1) is 5.69 Å². The molecule has 2 aromatic rings. The molecule has 0 unspecified atom stereocenters. The van der Waals surface area contributed by atoms with Crippen molar-refractivity contribution in [2.75, 3.05) is 19.3 Å². The molecule has 2 aromatic heterocycles. The van der Waals surface area contributed by atoms with Gasteiger partial charge in [-0.2, -0.15) is 5.10 Å². The maximum absolute atomic E-state index is 5.58. The first kappa shape index (κ1) is 13.5. The molecular weight excluding hydrogens is 238 g/mol. The number of nitrogens with two attached hydrogens (primary N) is 1. The lowest BCUT2D eigenvalue weighted by Gasteiger charge is -2.16. The minimum atomic E-state index is 0.581. The summed E-state index contributed by atoms with van der Waals surface area (Å²) in [5.41, 5.74) is 7.76. The van der Waals surface area contributed by atoms with Crippen molar-refractivity contribution in [2.45, 2.75) is 26.4 Å². The molecule has 0 saturated carbocycles. The molecule has 0 saturated heterocycles. The Hall–Kier alpha value is -1.88. The van der Waals surface area contributed by atoms with E-state index in [9.17, 15) is 0 Å². The van der Waals surface area contributed by atoms with Crippen LogP contribution >= 0.6 is 0 Å². The highest BCUT2D eigenvalue weighted by Crippen LogP contribution is 2.03. The number of aryl methyl sites for hydroxylation is 2. The third-order valence-corrected chi connectivity index (χ3v) is 2.97. The van der Waals surface area contributed by atoms with E-state index in [1.165, 1.54) is 0 Å². The maximum atomic E-state index is 5.58. The van der Waals surface area contributed by atoms with Gasteiger partial charge in [0.15, 0.2) is 0 Å². The Morgan fingerprint density at radius 3 is 2.84 bits per heavy atom. The molecule has 2 N–H and O–H groups in total. The van der Waals surface area contributed by atoms with Crippen LogP contribution in [0.1, 0.15) is 17.8 Å². The average Bonchev–Trinajstić information content (AvgIpc) is 2.75. The van der Waals surface area contributed by atoms with Crippen molar-refractivity contribution in [1.82, 2.24) is 19.7 Å². The van der Waals surface area contributed by atoms with Crippen LogP contribution in [0.2, 0.25) is 0 Å². The minimum absolute atomic E-state index is 0.581. The van der Waals surface area contributed by atoms with E-state index in [4.69, 9.17) is 5.73 Å². The van der Waals surface area contributed by atoms with E-state index in [1.807, 2.05) is 29.9 Å². The zero-order valence-corrected chi connectivity index (χ0v) is 11.6. The predicted octanol–water partition coefficient (Wildman–Crippen LogP) is 1.69. The van der Waals surface area contributed by atoms with Crippen LogP contribution in [-0.4, -0.2) is 33.3 Å². The molecule has 102 valence electrons. The lowest BCUT2D eigenvalue weighted by atomic mass is 10.3. The third kappa shape index (κ3) is 4.37. The molecule has 0 aliphatic carbocycles. The molecule has 0 bridgehead atoms. The van der Waals surface area contributed by atoms with Crippen LogP contribution < -0.4 is 5.73 Å². The first-order valence-corrected chi connectivity index (χ1v) is 6.53. The quantitative estimate of drug-likeness (QED) is 0.857. The van der Waals surface area contributed by atoms with Gasteiger partial charge < -0.3 is 10.6 Å². The molecule has 0 spiro atoms. The molecule has 0 fully saturated rings. The van der Waals surface area contributed by atoms with Crippen LogP contribution in [0.4, 0.5) is 5.82 Å². The smallest absolute Gasteiger partial charge is 0.145 e. The molecule has 2 rings (SSSR count). The fourth-order valence-electron chi connectivity index (χ4n) is 2.05. The molecule has 2 heterocycles. The molecule has 0 aromatic carbocycles. The van der Waals surface area contributed by atoms with Gasteiger partial charge in [-0.05, 0) is 38.6 Å². The summed E-state index contributed by atoms with van der Waals surface area (Å²) < 4.78 is 1.88. The van der Waals surface area contributed by atoms with Crippen LogP contribution in [0.5, 0.6) is 0 Å². The summed E-state index contributed by atoms with van der Waals surface area (Å²) >= 11 is 0. The highest BCUT2D eigenvalue weighted by molar-refractivity contribution is 5.23. The Kier molecular flexibility index (Phi) is 4.52. The van der Waals surface area contributed by atoms with Crippen LogP contribution in [0.25, 0.3) is 0 Å². The van der Waals surface area contributed by atoms with Crippen LogP contribution in [-0.2, 0) is 13.1 Å². The Bertz CT molecular complexity index is 520. The first-order chi connectivity index (χ1) is 9.13. The largest absolute Gasteiger partial charge is 0.382 e. The van der Waals surface area contributed by atoms with E-state index in [0.717, 1.165) is 37.4 Å². The maximum Gasteiger partial charge on any atom is 0.145 e. The summed E-state index contributed by atoms with van der Waals surface area (Å²) in [6, 6.07) is 7.96. The van der Waals surface area contributed by atoms with Gasteiger partial charge in [0.2, 0.25) is 0 Å². The second-order valence-electron chi connectivity index (χ2n) is 4.87. The summed E-state index contributed by atoms with van der Waals surface area (Å²) in [6.07, 6.45) is 2.96. The van der Waals surface area contributed by atoms with E-state index in [1.54, 1.807) is 0 Å². The van der Waals surface area contributed by atoms with E-state index in [-0.39, 0.29) is 0 Å². The average molecular weight is 259 g/mol. The number of pyridine rings is 1. The van der Waals surface area contributed by atoms with Crippen molar-refractivity contribution >= 4 is 5.82 Å². The van der Waals surface area contributed by atoms with Crippen molar-refractivity contribution in [2.24, 2.45) is 0 Å². The molecular formula is C14H21N5. The van der Waals surface area contributed by atoms with Crippen LogP contribution in [0.15, 0.2) is 30.5 Å². The topological polar surface area (TPSA) is 60.0 Å². The van der Waals surface area contributed by atoms with Crippen molar-refractivity contribution in [3.63, 3.8) is 0 Å². The van der Waals surface area contributed by atoms with Crippen LogP contribution in [0, 0.1) is 6.92 Å². The fourth-order valence-corrected chi connectivity index (χ4v) is 2.05. The molecule has 0 amide bonds. The summed E-state index contributed by atoms with van der Waals surface area (Å²) in [5.74, 6) is 0.581. The summed E-state index contributed by atoms with van der Waals surface area (Å²) in [6.45, 7) is 4.80. The van der Waals surface area contributed by atoms with Gasteiger partial charge in [-0.3, -0.25) is 9.67 Å². The summed E-state index contributed by atoms with van der Waals surface area (Å²) in [7, 11) is 2.11. The van der Waals surface area contributed by atoms with E-state index >= 15 is 0 Å². The van der Waals surface area contributed by atoms with Crippen molar-refractivity contribution < 1.29 is 0 Å². The van der Waals surface area contributed by atoms with Gasteiger partial charge in [0, 0.05) is 31.5 Å². The molecule has 0 aliphatic rings. The first-order valence-electron chi connectivity index (χ1n) is 6.53. The van der Waals surface area contributed by atoms with Crippen molar-refractivity contribution in [3.05, 3.63) is 41.9 Å².